The normalized spacial score (nSPS) is 10.8. The van der Waals surface area contributed by atoms with E-state index in [4.69, 9.17) is 13.9 Å². The number of aromatic nitrogens is 2. The topological polar surface area (TPSA) is 100 Å². The fourth-order valence-corrected chi connectivity index (χ4v) is 3.61. The van der Waals surface area contributed by atoms with Gasteiger partial charge in [-0.25, -0.2) is 4.79 Å². The lowest BCUT2D eigenvalue weighted by molar-refractivity contribution is 0.306. The Hall–Kier alpha value is -3.52. The second-order valence-electron chi connectivity index (χ2n) is 6.13. The summed E-state index contributed by atoms with van der Waals surface area (Å²) in [5.74, 6) is 1.70. The lowest BCUT2D eigenvalue weighted by atomic mass is 10.2. The number of nitrogens with one attached hydrogen (secondary N) is 2. The van der Waals surface area contributed by atoms with E-state index in [2.05, 4.69) is 9.97 Å². The van der Waals surface area contributed by atoms with E-state index in [1.165, 1.54) is 18.0 Å². The average molecular weight is 410 g/mol. The minimum atomic E-state index is -0.497. The molecular formula is C21H18N2O5S. The van der Waals surface area contributed by atoms with Crippen molar-refractivity contribution in [1.29, 1.82) is 0 Å². The maximum Gasteiger partial charge on any atom is 0.326 e. The summed E-state index contributed by atoms with van der Waals surface area (Å²) in [6, 6.07) is 17.2. The van der Waals surface area contributed by atoms with Crippen molar-refractivity contribution in [3.8, 4) is 28.8 Å². The van der Waals surface area contributed by atoms with Crippen LogP contribution < -0.4 is 15.2 Å². The second-order valence-corrected chi connectivity index (χ2v) is 7.24. The molecule has 0 aliphatic rings. The molecule has 2 heterocycles. The first-order valence-corrected chi connectivity index (χ1v) is 9.57. The molecule has 3 N–H and O–H groups in total. The smallest absolute Gasteiger partial charge is 0.326 e. The third-order valence-corrected chi connectivity index (χ3v) is 5.23. The molecule has 0 spiro atoms. The first-order valence-electron chi connectivity index (χ1n) is 8.75. The number of furan rings is 1. The number of imidazole rings is 1. The summed E-state index contributed by atoms with van der Waals surface area (Å²) in [6.07, 6.45) is 1.51. The van der Waals surface area contributed by atoms with E-state index in [9.17, 15) is 9.90 Å². The van der Waals surface area contributed by atoms with Crippen LogP contribution in [0.15, 0.2) is 79.9 Å². The van der Waals surface area contributed by atoms with Crippen LogP contribution in [0.1, 0.15) is 5.56 Å². The van der Waals surface area contributed by atoms with Crippen LogP contribution in [-0.4, -0.2) is 22.2 Å². The first kappa shape index (κ1) is 18.8. The molecule has 0 radical (unpaired) electrons. The third kappa shape index (κ3) is 4.33. The van der Waals surface area contributed by atoms with Crippen molar-refractivity contribution in [2.24, 2.45) is 0 Å². The van der Waals surface area contributed by atoms with Crippen LogP contribution in [0.4, 0.5) is 0 Å². The predicted molar refractivity (Wildman–Crippen MR) is 109 cm³/mol. The number of H-pyrrole nitrogens is 2. The quantitative estimate of drug-likeness (QED) is 0.417. The van der Waals surface area contributed by atoms with Gasteiger partial charge in [-0.05, 0) is 48.0 Å². The summed E-state index contributed by atoms with van der Waals surface area (Å²) in [4.78, 5) is 17.9. The van der Waals surface area contributed by atoms with Gasteiger partial charge in [-0.15, -0.1) is 0 Å². The molecule has 0 unspecified atom stereocenters. The average Bonchev–Trinajstić information content (AvgIpc) is 3.33. The highest BCUT2D eigenvalue weighted by Gasteiger charge is 2.17. The highest BCUT2D eigenvalue weighted by Crippen LogP contribution is 2.38. The minimum Gasteiger partial charge on any atom is -0.497 e. The van der Waals surface area contributed by atoms with Crippen LogP contribution in [0.5, 0.6) is 17.4 Å². The predicted octanol–water partition coefficient (Wildman–Crippen LogP) is 4.41. The summed E-state index contributed by atoms with van der Waals surface area (Å²) in [5, 5.41) is 9.83. The maximum absolute atomic E-state index is 11.4. The zero-order valence-electron chi connectivity index (χ0n) is 15.5. The van der Waals surface area contributed by atoms with Gasteiger partial charge in [-0.2, -0.15) is 0 Å². The van der Waals surface area contributed by atoms with Gasteiger partial charge in [-0.1, -0.05) is 23.9 Å². The van der Waals surface area contributed by atoms with Crippen LogP contribution in [0.2, 0.25) is 0 Å². The zero-order valence-corrected chi connectivity index (χ0v) is 16.3. The fraction of sp³-hybridized carbons (Fsp3) is 0.0952. The van der Waals surface area contributed by atoms with E-state index in [0.717, 1.165) is 26.9 Å². The number of rotatable bonds is 7. The number of hydrogen-bond acceptors (Lipinski definition) is 6. The summed E-state index contributed by atoms with van der Waals surface area (Å²) in [6.45, 7) is 0.461. The number of ether oxygens (including phenoxy) is 2. The Morgan fingerprint density at radius 3 is 2.38 bits per heavy atom. The molecule has 4 aromatic rings. The molecule has 0 saturated carbocycles. The fourth-order valence-electron chi connectivity index (χ4n) is 2.72. The minimum absolute atomic E-state index is 0.224. The number of aromatic amines is 2. The standard InChI is InChI=1S/C21H18N2O5S/c1-26-14-4-2-13(3-5-14)12-28-15-6-8-16(9-7-15)29-17-10-11-27-19(17)18-20(24)23-21(25)22-18/h2-11,24H,12H2,1H3,(H2,22,23,25). The number of benzene rings is 2. The first-order chi connectivity index (χ1) is 14.1. The molecule has 0 aliphatic carbocycles. The summed E-state index contributed by atoms with van der Waals surface area (Å²) in [5.41, 5.74) is 0.776. The Morgan fingerprint density at radius 1 is 1.00 bits per heavy atom. The highest BCUT2D eigenvalue weighted by atomic mass is 32.2. The van der Waals surface area contributed by atoms with Gasteiger partial charge in [0.05, 0.1) is 18.3 Å². The monoisotopic (exact) mass is 410 g/mol. The van der Waals surface area contributed by atoms with Gasteiger partial charge in [0.25, 0.3) is 0 Å². The van der Waals surface area contributed by atoms with E-state index >= 15 is 0 Å². The molecule has 8 heteroatoms. The Balaban J connectivity index is 1.42. The summed E-state index contributed by atoms with van der Waals surface area (Å²) >= 11 is 1.45. The van der Waals surface area contributed by atoms with E-state index in [0.29, 0.717) is 12.4 Å². The Morgan fingerprint density at radius 2 is 1.72 bits per heavy atom. The number of methoxy groups -OCH3 is 1. The van der Waals surface area contributed by atoms with Crippen molar-refractivity contribution < 1.29 is 19.0 Å². The Kier molecular flexibility index (Phi) is 5.35. The van der Waals surface area contributed by atoms with Gasteiger partial charge in [0, 0.05) is 4.90 Å². The molecule has 0 fully saturated rings. The maximum atomic E-state index is 11.4. The molecule has 148 valence electrons. The molecule has 0 atom stereocenters. The SMILES string of the molecule is COc1ccc(COc2ccc(Sc3ccoc3-c3[nH]c(=O)[nH]c3O)cc2)cc1. The molecular weight excluding hydrogens is 392 g/mol. The van der Waals surface area contributed by atoms with E-state index in [1.54, 1.807) is 13.2 Å². The van der Waals surface area contributed by atoms with Crippen LogP contribution in [0, 0.1) is 0 Å². The third-order valence-electron chi connectivity index (χ3n) is 4.18. The second kappa shape index (κ2) is 8.24. The highest BCUT2D eigenvalue weighted by molar-refractivity contribution is 7.99. The van der Waals surface area contributed by atoms with E-state index in [-0.39, 0.29) is 11.6 Å². The molecule has 29 heavy (non-hydrogen) atoms. The molecule has 4 rings (SSSR count). The molecule has 2 aromatic heterocycles. The van der Waals surface area contributed by atoms with E-state index in [1.807, 2.05) is 48.5 Å². The van der Waals surface area contributed by atoms with Crippen molar-refractivity contribution in [2.45, 2.75) is 16.4 Å². The van der Waals surface area contributed by atoms with Gasteiger partial charge in [-0.3, -0.25) is 9.97 Å². The zero-order chi connectivity index (χ0) is 20.2. The summed E-state index contributed by atoms with van der Waals surface area (Å²) in [7, 11) is 1.64. The van der Waals surface area contributed by atoms with Crippen molar-refractivity contribution in [2.75, 3.05) is 7.11 Å². The van der Waals surface area contributed by atoms with Crippen molar-refractivity contribution in [3.05, 3.63) is 76.9 Å². The van der Waals surface area contributed by atoms with Gasteiger partial charge < -0.3 is 19.0 Å². The van der Waals surface area contributed by atoms with Crippen molar-refractivity contribution >= 4 is 11.8 Å². The number of hydrogen-bond donors (Lipinski definition) is 3. The number of aromatic hydroxyl groups is 1. The largest absolute Gasteiger partial charge is 0.497 e. The molecule has 0 aliphatic heterocycles. The van der Waals surface area contributed by atoms with Gasteiger partial charge >= 0.3 is 5.69 Å². The van der Waals surface area contributed by atoms with Gasteiger partial charge in [0.1, 0.15) is 23.8 Å². The van der Waals surface area contributed by atoms with E-state index < -0.39 is 5.69 Å². The van der Waals surface area contributed by atoms with Gasteiger partial charge in [0.2, 0.25) is 5.88 Å². The van der Waals surface area contributed by atoms with Crippen LogP contribution in [0.25, 0.3) is 11.5 Å². The van der Waals surface area contributed by atoms with Gasteiger partial charge in [0.15, 0.2) is 5.76 Å². The lowest BCUT2D eigenvalue weighted by Gasteiger charge is -2.08. The lowest BCUT2D eigenvalue weighted by Crippen LogP contribution is -2.00. The van der Waals surface area contributed by atoms with Crippen LogP contribution >= 0.6 is 11.8 Å². The van der Waals surface area contributed by atoms with Crippen LogP contribution in [-0.2, 0) is 6.61 Å². The molecule has 2 aromatic carbocycles. The van der Waals surface area contributed by atoms with Crippen LogP contribution in [0.3, 0.4) is 0 Å². The molecule has 0 bridgehead atoms. The Bertz CT molecular complexity index is 1140. The summed E-state index contributed by atoms with van der Waals surface area (Å²) < 4.78 is 16.4. The molecule has 0 amide bonds. The molecule has 7 nitrogen and oxygen atoms in total. The Labute approximate surface area is 170 Å². The molecule has 0 saturated heterocycles. The van der Waals surface area contributed by atoms with Crippen molar-refractivity contribution in [1.82, 2.24) is 9.97 Å². The van der Waals surface area contributed by atoms with Crippen molar-refractivity contribution in [3.63, 3.8) is 0 Å².